The topological polar surface area (TPSA) is 59.6 Å². The number of carbonyl (C=O) groups is 1. The van der Waals surface area contributed by atoms with Gasteiger partial charge in [-0.3, -0.25) is 4.79 Å². The molecule has 0 aliphatic carbocycles. The highest BCUT2D eigenvalue weighted by atomic mass is 16.5. The number of carbonyl (C=O) groups excluding carboxylic acids is 1. The normalized spacial score (nSPS) is 10.3. The van der Waals surface area contributed by atoms with Crippen molar-refractivity contribution in [2.45, 2.75) is 19.9 Å². The lowest BCUT2D eigenvalue weighted by molar-refractivity contribution is -0.121. The second-order valence-corrected chi connectivity index (χ2v) is 4.37. The number of hydrogen-bond acceptors (Lipinski definition) is 4. The Labute approximate surface area is 120 Å². The largest absolute Gasteiger partial charge is 0.493 e. The quantitative estimate of drug-likeness (QED) is 0.635. The number of hydrogen-bond donors (Lipinski definition) is 2. The van der Waals surface area contributed by atoms with E-state index in [0.717, 1.165) is 18.8 Å². The molecule has 0 unspecified atom stereocenters. The second-order valence-electron chi connectivity index (χ2n) is 4.37. The standard InChI is InChI=1S/C15H24N2O3/c1-3-17-15(18)8-10-20-14-6-4-13(5-7-14)12-16-9-11-19-2/h4-7,16H,3,8-12H2,1-2H3,(H,17,18). The minimum atomic E-state index is 0.0199. The van der Waals surface area contributed by atoms with Crippen molar-refractivity contribution < 1.29 is 14.3 Å². The van der Waals surface area contributed by atoms with Gasteiger partial charge in [-0.2, -0.15) is 0 Å². The van der Waals surface area contributed by atoms with Gasteiger partial charge in [0.15, 0.2) is 0 Å². The Kier molecular flexibility index (Phi) is 8.42. The molecule has 0 saturated heterocycles. The Morgan fingerprint density at radius 1 is 1.20 bits per heavy atom. The Hall–Kier alpha value is -1.59. The molecular formula is C15H24N2O3. The molecule has 0 spiro atoms. The van der Waals surface area contributed by atoms with Gasteiger partial charge in [0.1, 0.15) is 5.75 Å². The van der Waals surface area contributed by atoms with Gasteiger partial charge in [-0.05, 0) is 24.6 Å². The van der Waals surface area contributed by atoms with Crippen molar-refractivity contribution in [1.29, 1.82) is 0 Å². The third-order valence-corrected chi connectivity index (χ3v) is 2.71. The van der Waals surface area contributed by atoms with E-state index in [9.17, 15) is 4.79 Å². The smallest absolute Gasteiger partial charge is 0.223 e. The van der Waals surface area contributed by atoms with E-state index in [1.165, 1.54) is 5.56 Å². The van der Waals surface area contributed by atoms with Gasteiger partial charge in [-0.15, -0.1) is 0 Å². The Morgan fingerprint density at radius 3 is 2.60 bits per heavy atom. The third kappa shape index (κ3) is 7.11. The highest BCUT2D eigenvalue weighted by molar-refractivity contribution is 5.75. The summed E-state index contributed by atoms with van der Waals surface area (Å²) in [7, 11) is 1.69. The van der Waals surface area contributed by atoms with Crippen LogP contribution in [0.5, 0.6) is 5.75 Å². The first-order chi connectivity index (χ1) is 9.76. The van der Waals surface area contributed by atoms with E-state index in [4.69, 9.17) is 9.47 Å². The second kappa shape index (κ2) is 10.2. The predicted molar refractivity (Wildman–Crippen MR) is 78.8 cm³/mol. The van der Waals surface area contributed by atoms with Crippen LogP contribution in [0.2, 0.25) is 0 Å². The van der Waals surface area contributed by atoms with Crippen LogP contribution in [0.1, 0.15) is 18.9 Å². The molecule has 0 fully saturated rings. The molecule has 112 valence electrons. The number of ether oxygens (including phenoxy) is 2. The van der Waals surface area contributed by atoms with Gasteiger partial charge in [-0.25, -0.2) is 0 Å². The van der Waals surface area contributed by atoms with Crippen molar-refractivity contribution in [3.05, 3.63) is 29.8 Å². The van der Waals surface area contributed by atoms with E-state index in [1.54, 1.807) is 7.11 Å². The highest BCUT2D eigenvalue weighted by Gasteiger charge is 2.00. The van der Waals surface area contributed by atoms with Crippen LogP contribution in [-0.2, 0) is 16.1 Å². The van der Waals surface area contributed by atoms with E-state index < -0.39 is 0 Å². The lowest BCUT2D eigenvalue weighted by Gasteiger charge is -2.08. The van der Waals surface area contributed by atoms with Gasteiger partial charge < -0.3 is 20.1 Å². The monoisotopic (exact) mass is 280 g/mol. The molecule has 0 heterocycles. The van der Waals surface area contributed by atoms with Crippen LogP contribution in [0.25, 0.3) is 0 Å². The summed E-state index contributed by atoms with van der Waals surface area (Å²) in [5, 5.41) is 6.01. The third-order valence-electron chi connectivity index (χ3n) is 2.71. The lowest BCUT2D eigenvalue weighted by Crippen LogP contribution is -2.24. The summed E-state index contributed by atoms with van der Waals surface area (Å²) in [6, 6.07) is 7.87. The number of benzene rings is 1. The van der Waals surface area contributed by atoms with E-state index in [0.29, 0.717) is 26.2 Å². The van der Waals surface area contributed by atoms with Crippen LogP contribution < -0.4 is 15.4 Å². The minimum Gasteiger partial charge on any atom is -0.493 e. The number of rotatable bonds is 10. The first-order valence-electron chi connectivity index (χ1n) is 6.94. The van der Waals surface area contributed by atoms with E-state index in [1.807, 2.05) is 31.2 Å². The molecule has 2 N–H and O–H groups in total. The first-order valence-corrected chi connectivity index (χ1v) is 6.94. The van der Waals surface area contributed by atoms with Crippen LogP contribution in [0, 0.1) is 0 Å². The fourth-order valence-electron chi connectivity index (χ4n) is 1.66. The fourth-order valence-corrected chi connectivity index (χ4v) is 1.66. The number of methoxy groups -OCH3 is 1. The summed E-state index contributed by atoms with van der Waals surface area (Å²) < 4.78 is 10.5. The van der Waals surface area contributed by atoms with Gasteiger partial charge in [-0.1, -0.05) is 12.1 Å². The summed E-state index contributed by atoms with van der Waals surface area (Å²) >= 11 is 0. The Bertz CT molecular complexity index is 379. The molecule has 0 aliphatic heterocycles. The molecule has 0 aliphatic rings. The SMILES string of the molecule is CCNC(=O)CCOc1ccc(CNCCOC)cc1. The molecule has 0 saturated carbocycles. The highest BCUT2D eigenvalue weighted by Crippen LogP contribution is 2.12. The summed E-state index contributed by atoms with van der Waals surface area (Å²) in [6.45, 7) is 5.31. The maximum absolute atomic E-state index is 11.2. The molecule has 1 aromatic carbocycles. The van der Waals surface area contributed by atoms with Crippen LogP contribution in [-0.4, -0.2) is 39.3 Å². The zero-order valence-corrected chi connectivity index (χ0v) is 12.3. The summed E-state index contributed by atoms with van der Waals surface area (Å²) in [5.74, 6) is 0.807. The van der Waals surface area contributed by atoms with Gasteiger partial charge >= 0.3 is 0 Å². The van der Waals surface area contributed by atoms with Crippen molar-refractivity contribution in [1.82, 2.24) is 10.6 Å². The molecule has 1 aromatic rings. The molecule has 0 atom stereocenters. The summed E-state index contributed by atoms with van der Waals surface area (Å²) in [5.41, 5.74) is 1.19. The van der Waals surface area contributed by atoms with Crippen molar-refractivity contribution in [3.8, 4) is 5.75 Å². The molecule has 1 amide bonds. The zero-order valence-electron chi connectivity index (χ0n) is 12.3. The van der Waals surface area contributed by atoms with Crippen LogP contribution >= 0.6 is 0 Å². The first kappa shape index (κ1) is 16.5. The van der Waals surface area contributed by atoms with Crippen molar-refractivity contribution >= 4 is 5.91 Å². The molecule has 0 bridgehead atoms. The summed E-state index contributed by atoms with van der Waals surface area (Å²) in [6.07, 6.45) is 0.383. The molecule has 0 radical (unpaired) electrons. The van der Waals surface area contributed by atoms with Crippen LogP contribution in [0.3, 0.4) is 0 Å². The number of nitrogens with one attached hydrogen (secondary N) is 2. The maximum atomic E-state index is 11.2. The molecule has 5 heteroatoms. The van der Waals surface area contributed by atoms with Crippen molar-refractivity contribution in [2.75, 3.05) is 33.4 Å². The van der Waals surface area contributed by atoms with Crippen molar-refractivity contribution in [3.63, 3.8) is 0 Å². The van der Waals surface area contributed by atoms with E-state index in [2.05, 4.69) is 10.6 Å². The number of amides is 1. The maximum Gasteiger partial charge on any atom is 0.223 e. The predicted octanol–water partition coefficient (Wildman–Crippen LogP) is 1.33. The Balaban J connectivity index is 2.23. The van der Waals surface area contributed by atoms with Crippen LogP contribution in [0.4, 0.5) is 0 Å². The molecule has 0 aromatic heterocycles. The van der Waals surface area contributed by atoms with Gasteiger partial charge in [0, 0.05) is 26.7 Å². The Morgan fingerprint density at radius 2 is 1.95 bits per heavy atom. The minimum absolute atomic E-state index is 0.0199. The van der Waals surface area contributed by atoms with Gasteiger partial charge in [0.05, 0.1) is 19.6 Å². The van der Waals surface area contributed by atoms with E-state index >= 15 is 0 Å². The fraction of sp³-hybridized carbons (Fsp3) is 0.533. The van der Waals surface area contributed by atoms with Gasteiger partial charge in [0.25, 0.3) is 0 Å². The molecular weight excluding hydrogens is 256 g/mol. The summed E-state index contributed by atoms with van der Waals surface area (Å²) in [4.78, 5) is 11.2. The molecule has 5 nitrogen and oxygen atoms in total. The van der Waals surface area contributed by atoms with E-state index in [-0.39, 0.29) is 5.91 Å². The zero-order chi connectivity index (χ0) is 14.6. The van der Waals surface area contributed by atoms with Gasteiger partial charge in [0.2, 0.25) is 5.91 Å². The molecule has 20 heavy (non-hydrogen) atoms. The average molecular weight is 280 g/mol. The lowest BCUT2D eigenvalue weighted by atomic mass is 10.2. The van der Waals surface area contributed by atoms with Crippen LogP contribution in [0.15, 0.2) is 24.3 Å². The average Bonchev–Trinajstić information content (AvgIpc) is 2.45. The molecule has 1 rings (SSSR count). The van der Waals surface area contributed by atoms with Crippen molar-refractivity contribution in [2.24, 2.45) is 0 Å².